The predicted molar refractivity (Wildman–Crippen MR) is 112 cm³/mol. The lowest BCUT2D eigenvalue weighted by Crippen LogP contribution is -2.41. The number of sulfonamides is 1. The van der Waals surface area contributed by atoms with Gasteiger partial charge in [0.1, 0.15) is 0 Å². The first-order valence-corrected chi connectivity index (χ1v) is 11.1. The zero-order valence-electron chi connectivity index (χ0n) is 16.7. The number of benzene rings is 2. The summed E-state index contributed by atoms with van der Waals surface area (Å²) in [5, 5.41) is 2.97. The Kier molecular flexibility index (Phi) is 5.91. The molecule has 28 heavy (non-hydrogen) atoms. The van der Waals surface area contributed by atoms with Crippen LogP contribution in [-0.2, 0) is 20.2 Å². The van der Waals surface area contributed by atoms with E-state index in [0.717, 1.165) is 5.69 Å². The molecule has 3 rings (SSSR count). The minimum absolute atomic E-state index is 0.0414. The van der Waals surface area contributed by atoms with Crippen LogP contribution < -0.4 is 5.32 Å². The Morgan fingerprint density at radius 2 is 1.54 bits per heavy atom. The second kappa shape index (κ2) is 8.05. The smallest absolute Gasteiger partial charge is 0.243 e. The molecular formula is C22H28N2O3S. The van der Waals surface area contributed by atoms with Crippen LogP contribution in [-0.4, -0.2) is 31.7 Å². The molecule has 1 heterocycles. The highest BCUT2D eigenvalue weighted by Gasteiger charge is 2.32. The molecule has 0 saturated carbocycles. The summed E-state index contributed by atoms with van der Waals surface area (Å²) in [6.07, 6.45) is 1.05. The van der Waals surface area contributed by atoms with Crippen LogP contribution in [0.1, 0.15) is 39.2 Å². The maximum atomic E-state index is 12.7. The van der Waals surface area contributed by atoms with Gasteiger partial charge in [0.05, 0.1) is 4.90 Å². The lowest BCUT2D eigenvalue weighted by molar-refractivity contribution is -0.120. The highest BCUT2D eigenvalue weighted by atomic mass is 32.2. The van der Waals surface area contributed by atoms with Gasteiger partial charge < -0.3 is 5.32 Å². The van der Waals surface area contributed by atoms with E-state index in [1.807, 2.05) is 24.3 Å². The van der Waals surface area contributed by atoms with Crippen LogP contribution in [0.3, 0.4) is 0 Å². The first-order chi connectivity index (χ1) is 13.2. The maximum absolute atomic E-state index is 12.7. The third kappa shape index (κ3) is 4.62. The molecule has 0 aliphatic carbocycles. The van der Waals surface area contributed by atoms with Gasteiger partial charge in [-0.05, 0) is 48.1 Å². The van der Waals surface area contributed by atoms with Crippen molar-refractivity contribution in [2.45, 2.75) is 43.9 Å². The Morgan fingerprint density at radius 1 is 0.964 bits per heavy atom. The van der Waals surface area contributed by atoms with Gasteiger partial charge in [-0.1, -0.05) is 51.1 Å². The van der Waals surface area contributed by atoms with Gasteiger partial charge in [0.15, 0.2) is 0 Å². The number of carbonyl (C=O) groups is 1. The summed E-state index contributed by atoms with van der Waals surface area (Å²) in [5.74, 6) is -0.218. The van der Waals surface area contributed by atoms with Crippen LogP contribution in [0.4, 0.5) is 5.69 Å². The van der Waals surface area contributed by atoms with Crippen LogP contribution in [0.2, 0.25) is 0 Å². The third-order valence-electron chi connectivity index (χ3n) is 5.22. The van der Waals surface area contributed by atoms with E-state index in [1.54, 1.807) is 30.3 Å². The minimum Gasteiger partial charge on any atom is -0.326 e. The lowest BCUT2D eigenvalue weighted by atomic mass is 9.87. The predicted octanol–water partition coefficient (Wildman–Crippen LogP) is 4.02. The molecule has 0 atom stereocenters. The van der Waals surface area contributed by atoms with Crippen LogP contribution >= 0.6 is 0 Å². The monoisotopic (exact) mass is 400 g/mol. The van der Waals surface area contributed by atoms with Crippen molar-refractivity contribution >= 4 is 21.6 Å². The fourth-order valence-electron chi connectivity index (χ4n) is 3.40. The summed E-state index contributed by atoms with van der Waals surface area (Å²) in [4.78, 5) is 12.9. The summed E-state index contributed by atoms with van der Waals surface area (Å²) in [5.41, 5.74) is 2.06. The Bertz CT molecular complexity index is 909. The number of amides is 1. The van der Waals surface area contributed by atoms with E-state index in [2.05, 4.69) is 26.1 Å². The van der Waals surface area contributed by atoms with Gasteiger partial charge in [-0.15, -0.1) is 0 Å². The lowest BCUT2D eigenvalue weighted by Gasteiger charge is -2.30. The molecule has 0 radical (unpaired) electrons. The van der Waals surface area contributed by atoms with Crippen LogP contribution in [0, 0.1) is 5.92 Å². The second-order valence-corrected chi connectivity index (χ2v) is 10.2. The average molecular weight is 401 g/mol. The third-order valence-corrected chi connectivity index (χ3v) is 7.14. The molecule has 0 bridgehead atoms. The highest BCUT2D eigenvalue weighted by Crippen LogP contribution is 2.26. The molecular weight excluding hydrogens is 372 g/mol. The first kappa shape index (κ1) is 20.6. The zero-order valence-corrected chi connectivity index (χ0v) is 17.5. The van der Waals surface area contributed by atoms with E-state index in [0.29, 0.717) is 30.8 Å². The van der Waals surface area contributed by atoms with Crippen LogP contribution in [0.25, 0.3) is 0 Å². The largest absolute Gasteiger partial charge is 0.326 e. The molecule has 1 aliphatic heterocycles. The van der Waals surface area contributed by atoms with Crippen molar-refractivity contribution in [3.63, 3.8) is 0 Å². The fraction of sp³-hybridized carbons (Fsp3) is 0.409. The normalized spacial score (nSPS) is 16.7. The molecule has 0 aromatic heterocycles. The Morgan fingerprint density at radius 3 is 2.07 bits per heavy atom. The van der Waals surface area contributed by atoms with Gasteiger partial charge >= 0.3 is 0 Å². The number of carbonyl (C=O) groups excluding carboxylic acids is 1. The molecule has 6 heteroatoms. The Balaban J connectivity index is 1.58. The van der Waals surface area contributed by atoms with Gasteiger partial charge in [-0.25, -0.2) is 8.42 Å². The fourth-order valence-corrected chi connectivity index (χ4v) is 4.89. The standard InChI is InChI=1S/C22H28N2O3S/c1-22(2,3)18-9-11-19(12-10-18)23-21(25)17-13-15-24(16-14-17)28(26,27)20-7-5-4-6-8-20/h4-12,17H,13-16H2,1-3H3,(H,23,25). The van der Waals surface area contributed by atoms with Gasteiger partial charge in [-0.2, -0.15) is 4.31 Å². The number of hydrogen-bond acceptors (Lipinski definition) is 3. The quantitative estimate of drug-likeness (QED) is 0.843. The molecule has 2 aromatic carbocycles. The van der Waals surface area contributed by atoms with Crippen molar-refractivity contribution in [2.75, 3.05) is 18.4 Å². The Labute approximate surface area is 167 Å². The van der Waals surface area contributed by atoms with Crippen molar-refractivity contribution in [3.8, 4) is 0 Å². The number of piperidine rings is 1. The first-order valence-electron chi connectivity index (χ1n) is 9.64. The van der Waals surface area contributed by atoms with E-state index < -0.39 is 10.0 Å². The molecule has 1 N–H and O–H groups in total. The summed E-state index contributed by atoms with van der Waals surface area (Å²) in [6, 6.07) is 16.4. The molecule has 1 saturated heterocycles. The highest BCUT2D eigenvalue weighted by molar-refractivity contribution is 7.89. The zero-order chi connectivity index (χ0) is 20.4. The van der Waals surface area contributed by atoms with Crippen molar-refractivity contribution in [3.05, 3.63) is 60.2 Å². The molecule has 1 amide bonds. The van der Waals surface area contributed by atoms with Crippen molar-refractivity contribution < 1.29 is 13.2 Å². The minimum atomic E-state index is -3.49. The van der Waals surface area contributed by atoms with Crippen molar-refractivity contribution in [1.29, 1.82) is 0 Å². The van der Waals surface area contributed by atoms with Crippen LogP contribution in [0.5, 0.6) is 0 Å². The molecule has 1 fully saturated rings. The Hall–Kier alpha value is -2.18. The van der Waals surface area contributed by atoms with Crippen LogP contribution in [0.15, 0.2) is 59.5 Å². The molecule has 150 valence electrons. The van der Waals surface area contributed by atoms with E-state index >= 15 is 0 Å². The van der Waals surface area contributed by atoms with Crippen molar-refractivity contribution in [1.82, 2.24) is 4.31 Å². The number of anilines is 1. The second-order valence-electron chi connectivity index (χ2n) is 8.31. The maximum Gasteiger partial charge on any atom is 0.243 e. The topological polar surface area (TPSA) is 66.5 Å². The number of hydrogen-bond donors (Lipinski definition) is 1. The molecule has 0 spiro atoms. The molecule has 0 unspecified atom stereocenters. The summed E-state index contributed by atoms with van der Waals surface area (Å²) < 4.78 is 26.9. The summed E-state index contributed by atoms with van der Waals surface area (Å²) in [7, 11) is -3.49. The van der Waals surface area contributed by atoms with Gasteiger partial charge in [-0.3, -0.25) is 4.79 Å². The number of rotatable bonds is 4. The SMILES string of the molecule is CC(C)(C)c1ccc(NC(=O)C2CCN(S(=O)(=O)c3ccccc3)CC2)cc1. The number of nitrogens with zero attached hydrogens (tertiary/aromatic N) is 1. The average Bonchev–Trinajstić information content (AvgIpc) is 2.68. The molecule has 2 aromatic rings. The van der Waals surface area contributed by atoms with E-state index in [-0.39, 0.29) is 17.2 Å². The van der Waals surface area contributed by atoms with Gasteiger partial charge in [0, 0.05) is 24.7 Å². The summed E-state index contributed by atoms with van der Waals surface area (Å²) in [6.45, 7) is 7.17. The van der Waals surface area contributed by atoms with Crippen molar-refractivity contribution in [2.24, 2.45) is 5.92 Å². The number of nitrogens with one attached hydrogen (secondary N) is 1. The van der Waals surface area contributed by atoms with E-state index in [4.69, 9.17) is 0 Å². The molecule has 5 nitrogen and oxygen atoms in total. The van der Waals surface area contributed by atoms with Gasteiger partial charge in [0.2, 0.25) is 15.9 Å². The van der Waals surface area contributed by atoms with Gasteiger partial charge in [0.25, 0.3) is 0 Å². The summed E-state index contributed by atoms with van der Waals surface area (Å²) >= 11 is 0. The molecule has 1 aliphatic rings. The van der Waals surface area contributed by atoms with E-state index in [9.17, 15) is 13.2 Å². The van der Waals surface area contributed by atoms with E-state index in [1.165, 1.54) is 9.87 Å².